The molecule has 0 bridgehead atoms. The number of hydrogen-bond donors (Lipinski definition) is 2. The fraction of sp³-hybridized carbons (Fsp3) is 0.857. The third-order valence-corrected chi connectivity index (χ3v) is 1.91. The first-order valence-corrected chi connectivity index (χ1v) is 3.70. The third-order valence-electron chi connectivity index (χ3n) is 1.91. The van der Waals surface area contributed by atoms with Crippen LogP contribution in [0.1, 0.15) is 19.3 Å². The van der Waals surface area contributed by atoms with Crippen LogP contribution >= 0.6 is 0 Å². The molecular weight excluding hydrogens is 130 g/mol. The highest BCUT2D eigenvalue weighted by Gasteiger charge is 2.14. The Morgan fingerprint density at radius 2 is 2.40 bits per heavy atom. The summed E-state index contributed by atoms with van der Waals surface area (Å²) >= 11 is 0. The SMILES string of the molecule is O=C1CC[C@@H](CO)CCN1. The summed E-state index contributed by atoms with van der Waals surface area (Å²) in [5, 5.41) is 11.5. The van der Waals surface area contributed by atoms with Crippen molar-refractivity contribution < 1.29 is 9.90 Å². The Bertz CT molecular complexity index is 125. The maximum absolute atomic E-state index is 10.8. The van der Waals surface area contributed by atoms with E-state index in [4.69, 9.17) is 5.11 Å². The summed E-state index contributed by atoms with van der Waals surface area (Å²) in [7, 11) is 0. The van der Waals surface area contributed by atoms with E-state index in [-0.39, 0.29) is 12.5 Å². The minimum Gasteiger partial charge on any atom is -0.396 e. The second-order valence-electron chi connectivity index (χ2n) is 2.73. The van der Waals surface area contributed by atoms with Crippen LogP contribution in [0, 0.1) is 5.92 Å². The average molecular weight is 143 g/mol. The van der Waals surface area contributed by atoms with Crippen molar-refractivity contribution in [3.63, 3.8) is 0 Å². The summed E-state index contributed by atoms with van der Waals surface area (Å²) in [6.07, 6.45) is 2.33. The van der Waals surface area contributed by atoms with E-state index in [0.717, 1.165) is 19.4 Å². The van der Waals surface area contributed by atoms with Crippen molar-refractivity contribution in [1.82, 2.24) is 5.32 Å². The van der Waals surface area contributed by atoms with Crippen molar-refractivity contribution >= 4 is 5.91 Å². The number of hydrogen-bond acceptors (Lipinski definition) is 2. The molecule has 1 heterocycles. The van der Waals surface area contributed by atoms with Gasteiger partial charge in [-0.3, -0.25) is 4.79 Å². The molecule has 0 saturated carbocycles. The van der Waals surface area contributed by atoms with Crippen molar-refractivity contribution in [2.75, 3.05) is 13.2 Å². The molecule has 3 heteroatoms. The molecule has 1 saturated heterocycles. The highest BCUT2D eigenvalue weighted by Crippen LogP contribution is 2.12. The number of carbonyl (C=O) groups is 1. The van der Waals surface area contributed by atoms with Crippen LogP contribution < -0.4 is 5.32 Å². The first-order valence-electron chi connectivity index (χ1n) is 3.70. The molecule has 0 unspecified atom stereocenters. The molecule has 0 aliphatic carbocycles. The molecule has 1 fully saturated rings. The van der Waals surface area contributed by atoms with Gasteiger partial charge in [0.1, 0.15) is 0 Å². The van der Waals surface area contributed by atoms with E-state index in [1.807, 2.05) is 0 Å². The molecule has 1 atom stereocenters. The largest absolute Gasteiger partial charge is 0.396 e. The van der Waals surface area contributed by atoms with Gasteiger partial charge in [-0.2, -0.15) is 0 Å². The minimum absolute atomic E-state index is 0.121. The van der Waals surface area contributed by atoms with Crippen molar-refractivity contribution in [2.45, 2.75) is 19.3 Å². The third kappa shape index (κ3) is 1.99. The van der Waals surface area contributed by atoms with Crippen LogP contribution in [-0.4, -0.2) is 24.2 Å². The van der Waals surface area contributed by atoms with Crippen LogP contribution in [0.3, 0.4) is 0 Å². The lowest BCUT2D eigenvalue weighted by Gasteiger charge is -2.06. The predicted molar refractivity (Wildman–Crippen MR) is 37.4 cm³/mol. The van der Waals surface area contributed by atoms with Crippen molar-refractivity contribution in [3.8, 4) is 0 Å². The zero-order valence-corrected chi connectivity index (χ0v) is 5.97. The zero-order valence-electron chi connectivity index (χ0n) is 5.97. The molecule has 1 amide bonds. The summed E-state index contributed by atoms with van der Waals surface area (Å²) in [5.74, 6) is 0.454. The quantitative estimate of drug-likeness (QED) is 0.538. The molecule has 0 aromatic heterocycles. The second kappa shape index (κ2) is 3.56. The van der Waals surface area contributed by atoms with Crippen molar-refractivity contribution in [2.24, 2.45) is 5.92 Å². The van der Waals surface area contributed by atoms with Gasteiger partial charge in [-0.05, 0) is 18.8 Å². The first kappa shape index (κ1) is 7.54. The fourth-order valence-electron chi connectivity index (χ4n) is 1.17. The normalized spacial score (nSPS) is 27.3. The second-order valence-corrected chi connectivity index (χ2v) is 2.73. The number of carbonyl (C=O) groups excluding carboxylic acids is 1. The van der Waals surface area contributed by atoms with Gasteiger partial charge in [0.2, 0.25) is 5.91 Å². The van der Waals surface area contributed by atoms with Crippen molar-refractivity contribution in [3.05, 3.63) is 0 Å². The van der Waals surface area contributed by atoms with Crippen LogP contribution in [0.4, 0.5) is 0 Å². The van der Waals surface area contributed by atoms with Crippen LogP contribution in [-0.2, 0) is 4.79 Å². The zero-order chi connectivity index (χ0) is 7.40. The topological polar surface area (TPSA) is 49.3 Å². The van der Waals surface area contributed by atoms with E-state index >= 15 is 0 Å². The van der Waals surface area contributed by atoms with Crippen LogP contribution in [0.15, 0.2) is 0 Å². The maximum atomic E-state index is 10.8. The van der Waals surface area contributed by atoms with Gasteiger partial charge >= 0.3 is 0 Å². The Hall–Kier alpha value is -0.570. The Morgan fingerprint density at radius 1 is 1.60 bits per heavy atom. The van der Waals surface area contributed by atoms with E-state index < -0.39 is 0 Å². The number of aliphatic hydroxyl groups excluding tert-OH is 1. The van der Waals surface area contributed by atoms with E-state index in [0.29, 0.717) is 12.3 Å². The molecule has 1 aliphatic rings. The van der Waals surface area contributed by atoms with Gasteiger partial charge in [0.25, 0.3) is 0 Å². The average Bonchev–Trinajstić information content (AvgIpc) is 2.14. The Morgan fingerprint density at radius 3 is 3.10 bits per heavy atom. The fourth-order valence-corrected chi connectivity index (χ4v) is 1.17. The minimum atomic E-state index is 0.121. The van der Waals surface area contributed by atoms with Gasteiger partial charge in [-0.25, -0.2) is 0 Å². The number of amides is 1. The van der Waals surface area contributed by atoms with E-state index in [2.05, 4.69) is 5.32 Å². The van der Waals surface area contributed by atoms with Crippen LogP contribution in [0.25, 0.3) is 0 Å². The summed E-state index contributed by atoms with van der Waals surface area (Å²) in [5.41, 5.74) is 0. The summed E-state index contributed by atoms with van der Waals surface area (Å²) < 4.78 is 0. The standard InChI is InChI=1S/C7H13NO2/c9-5-6-1-2-7(10)8-4-3-6/h6,9H,1-5H2,(H,8,10)/t6-/m1/s1. The smallest absolute Gasteiger partial charge is 0.220 e. The molecule has 0 aromatic carbocycles. The van der Waals surface area contributed by atoms with Crippen LogP contribution in [0.2, 0.25) is 0 Å². The highest BCUT2D eigenvalue weighted by molar-refractivity contribution is 5.76. The Kier molecular flexibility index (Phi) is 2.68. The Balaban J connectivity index is 2.33. The van der Waals surface area contributed by atoms with Crippen LogP contribution in [0.5, 0.6) is 0 Å². The summed E-state index contributed by atoms with van der Waals surface area (Å²) in [4.78, 5) is 10.8. The Labute approximate surface area is 60.4 Å². The summed E-state index contributed by atoms with van der Waals surface area (Å²) in [6, 6.07) is 0. The first-order chi connectivity index (χ1) is 4.83. The van der Waals surface area contributed by atoms with Gasteiger partial charge in [0.15, 0.2) is 0 Å². The van der Waals surface area contributed by atoms with E-state index in [9.17, 15) is 4.79 Å². The van der Waals surface area contributed by atoms with Crippen molar-refractivity contribution in [1.29, 1.82) is 0 Å². The van der Waals surface area contributed by atoms with Gasteiger partial charge in [0, 0.05) is 19.6 Å². The van der Waals surface area contributed by atoms with E-state index in [1.165, 1.54) is 0 Å². The molecule has 0 spiro atoms. The molecular formula is C7H13NO2. The molecule has 3 nitrogen and oxygen atoms in total. The molecule has 1 aliphatic heterocycles. The highest BCUT2D eigenvalue weighted by atomic mass is 16.3. The lowest BCUT2D eigenvalue weighted by Crippen LogP contribution is -2.21. The lowest BCUT2D eigenvalue weighted by molar-refractivity contribution is -0.120. The molecule has 0 aromatic rings. The predicted octanol–water partition coefficient (Wildman–Crippen LogP) is -0.105. The lowest BCUT2D eigenvalue weighted by atomic mass is 10.0. The number of aliphatic hydroxyl groups is 1. The van der Waals surface area contributed by atoms with Gasteiger partial charge in [-0.15, -0.1) is 0 Å². The summed E-state index contributed by atoms with van der Waals surface area (Å²) in [6.45, 7) is 0.943. The van der Waals surface area contributed by atoms with E-state index in [1.54, 1.807) is 0 Å². The van der Waals surface area contributed by atoms with Gasteiger partial charge in [0.05, 0.1) is 0 Å². The molecule has 1 rings (SSSR count). The van der Waals surface area contributed by atoms with Gasteiger partial charge in [-0.1, -0.05) is 0 Å². The number of nitrogens with one attached hydrogen (secondary N) is 1. The molecule has 2 N–H and O–H groups in total. The van der Waals surface area contributed by atoms with Gasteiger partial charge < -0.3 is 10.4 Å². The molecule has 0 radical (unpaired) electrons. The maximum Gasteiger partial charge on any atom is 0.220 e. The molecule has 10 heavy (non-hydrogen) atoms. The number of rotatable bonds is 1. The molecule has 58 valence electrons. The monoisotopic (exact) mass is 143 g/mol.